The van der Waals surface area contributed by atoms with Gasteiger partial charge in [0.25, 0.3) is 0 Å². The Morgan fingerprint density at radius 3 is 2.76 bits per heavy atom. The van der Waals surface area contributed by atoms with Crippen LogP contribution in [0.5, 0.6) is 0 Å². The van der Waals surface area contributed by atoms with E-state index in [1.165, 1.54) is 6.07 Å². The summed E-state index contributed by atoms with van der Waals surface area (Å²) in [6.45, 7) is 1.99. The summed E-state index contributed by atoms with van der Waals surface area (Å²) in [6.07, 6.45) is 1.75. The zero-order valence-corrected chi connectivity index (χ0v) is 9.39. The van der Waals surface area contributed by atoms with Gasteiger partial charge >= 0.3 is 0 Å². The maximum Gasteiger partial charge on any atom is 0.137 e. The molecule has 2 heterocycles. The molecule has 0 unspecified atom stereocenters. The molecule has 84 valence electrons. The van der Waals surface area contributed by atoms with Gasteiger partial charge in [0.2, 0.25) is 0 Å². The molecule has 0 spiro atoms. The zero-order chi connectivity index (χ0) is 11.8. The van der Waals surface area contributed by atoms with Crippen molar-refractivity contribution in [3.8, 4) is 5.82 Å². The second-order valence-corrected chi connectivity index (χ2v) is 4.01. The molecule has 0 radical (unpaired) electrons. The van der Waals surface area contributed by atoms with Gasteiger partial charge in [-0.05, 0) is 43.3 Å². The van der Waals surface area contributed by atoms with Gasteiger partial charge in [0.15, 0.2) is 0 Å². The lowest BCUT2D eigenvalue weighted by molar-refractivity contribution is 0.629. The van der Waals surface area contributed by atoms with Gasteiger partial charge in [-0.15, -0.1) is 0 Å². The molecule has 2 aromatic heterocycles. The van der Waals surface area contributed by atoms with Crippen LogP contribution in [0.4, 0.5) is 4.39 Å². The van der Waals surface area contributed by atoms with Crippen LogP contribution in [-0.2, 0) is 0 Å². The molecule has 0 saturated carbocycles. The number of aromatic nitrogens is 2. The first kappa shape index (κ1) is 10.0. The molecule has 3 rings (SSSR count). The molecule has 3 aromatic rings. The molecule has 0 aliphatic carbocycles. The molecular weight excluding hydrogens is 215 g/mol. The summed E-state index contributed by atoms with van der Waals surface area (Å²) >= 11 is 0. The highest BCUT2D eigenvalue weighted by Crippen LogP contribution is 2.23. The predicted molar refractivity (Wildman–Crippen MR) is 65.8 cm³/mol. The van der Waals surface area contributed by atoms with E-state index in [0.717, 1.165) is 22.4 Å². The number of rotatable bonds is 1. The van der Waals surface area contributed by atoms with Crippen molar-refractivity contribution in [3.63, 3.8) is 0 Å². The molecule has 0 bridgehead atoms. The molecule has 0 atom stereocenters. The molecule has 0 amide bonds. The number of nitrogens with zero attached hydrogens (tertiary/aromatic N) is 2. The second kappa shape index (κ2) is 3.70. The number of benzene rings is 1. The zero-order valence-electron chi connectivity index (χ0n) is 9.39. The Labute approximate surface area is 98.3 Å². The number of fused-ring (bicyclic) bond motifs is 1. The average Bonchev–Trinajstić information content (AvgIpc) is 2.65. The van der Waals surface area contributed by atoms with Crippen LogP contribution >= 0.6 is 0 Å². The van der Waals surface area contributed by atoms with E-state index in [-0.39, 0.29) is 5.82 Å². The summed E-state index contributed by atoms with van der Waals surface area (Å²) in [4.78, 5) is 4.32. The molecule has 0 saturated heterocycles. The van der Waals surface area contributed by atoms with Gasteiger partial charge in [0.1, 0.15) is 11.6 Å². The first-order valence-electron chi connectivity index (χ1n) is 5.45. The first-order chi connectivity index (χ1) is 8.25. The van der Waals surface area contributed by atoms with E-state index in [2.05, 4.69) is 4.98 Å². The van der Waals surface area contributed by atoms with E-state index in [4.69, 9.17) is 0 Å². The third-order valence-electron chi connectivity index (χ3n) is 2.83. The Hall–Kier alpha value is -2.16. The smallest absolute Gasteiger partial charge is 0.137 e. The maximum absolute atomic E-state index is 13.2. The van der Waals surface area contributed by atoms with Crippen molar-refractivity contribution in [1.82, 2.24) is 9.55 Å². The number of hydrogen-bond acceptors (Lipinski definition) is 1. The lowest BCUT2D eigenvalue weighted by Crippen LogP contribution is -1.98. The van der Waals surface area contributed by atoms with Crippen LogP contribution in [0, 0.1) is 12.7 Å². The molecule has 0 aliphatic rings. The second-order valence-electron chi connectivity index (χ2n) is 4.01. The van der Waals surface area contributed by atoms with Crippen molar-refractivity contribution >= 4 is 10.9 Å². The Morgan fingerprint density at radius 1 is 1.12 bits per heavy atom. The maximum atomic E-state index is 13.2. The molecule has 0 N–H and O–H groups in total. The summed E-state index contributed by atoms with van der Waals surface area (Å²) in [5.41, 5.74) is 2.02. The quantitative estimate of drug-likeness (QED) is 0.621. The Kier molecular flexibility index (Phi) is 2.18. The summed E-state index contributed by atoms with van der Waals surface area (Å²) in [6, 6.07) is 12.5. The molecule has 1 aromatic carbocycles. The first-order valence-corrected chi connectivity index (χ1v) is 5.45. The minimum absolute atomic E-state index is 0.212. The van der Waals surface area contributed by atoms with Gasteiger partial charge in [-0.3, -0.25) is 4.57 Å². The fraction of sp³-hybridized carbons (Fsp3) is 0.0714. The van der Waals surface area contributed by atoms with Crippen LogP contribution in [-0.4, -0.2) is 9.55 Å². The standard InChI is InChI=1S/C14H11FN2/c1-10-8-11-9-12(15)5-6-13(11)17(10)14-4-2-3-7-16-14/h2-9H,1H3. The Balaban J connectivity index is 2.33. The topological polar surface area (TPSA) is 17.8 Å². The highest BCUT2D eigenvalue weighted by Gasteiger charge is 2.08. The van der Waals surface area contributed by atoms with Crippen molar-refractivity contribution in [3.05, 3.63) is 60.2 Å². The molecule has 0 fully saturated rings. The van der Waals surface area contributed by atoms with Crippen molar-refractivity contribution in [1.29, 1.82) is 0 Å². The van der Waals surface area contributed by atoms with Crippen molar-refractivity contribution < 1.29 is 4.39 Å². The van der Waals surface area contributed by atoms with Crippen LogP contribution in [0.1, 0.15) is 5.69 Å². The van der Waals surface area contributed by atoms with Crippen LogP contribution in [0.2, 0.25) is 0 Å². The number of halogens is 1. The third-order valence-corrected chi connectivity index (χ3v) is 2.83. The van der Waals surface area contributed by atoms with E-state index in [0.29, 0.717) is 0 Å². The lowest BCUT2D eigenvalue weighted by Gasteiger charge is -2.06. The highest BCUT2D eigenvalue weighted by molar-refractivity contribution is 5.83. The normalized spacial score (nSPS) is 10.9. The van der Waals surface area contributed by atoms with Crippen molar-refractivity contribution in [2.45, 2.75) is 6.92 Å². The van der Waals surface area contributed by atoms with E-state index in [1.54, 1.807) is 18.3 Å². The lowest BCUT2D eigenvalue weighted by atomic mass is 10.2. The summed E-state index contributed by atoms with van der Waals surface area (Å²) in [5, 5.41) is 0.896. The fourth-order valence-corrected chi connectivity index (χ4v) is 2.11. The third kappa shape index (κ3) is 1.60. The van der Waals surface area contributed by atoms with Crippen LogP contribution < -0.4 is 0 Å². The average molecular weight is 226 g/mol. The number of hydrogen-bond donors (Lipinski definition) is 0. The minimum Gasteiger partial charge on any atom is -0.298 e. The molecule has 0 aliphatic heterocycles. The predicted octanol–water partition coefficient (Wildman–Crippen LogP) is 3.47. The largest absolute Gasteiger partial charge is 0.298 e. The molecule has 17 heavy (non-hydrogen) atoms. The number of pyridine rings is 1. The fourth-order valence-electron chi connectivity index (χ4n) is 2.11. The summed E-state index contributed by atoms with van der Waals surface area (Å²) in [7, 11) is 0. The van der Waals surface area contributed by atoms with E-state index in [1.807, 2.05) is 35.8 Å². The van der Waals surface area contributed by atoms with Crippen LogP contribution in [0.3, 0.4) is 0 Å². The summed E-state index contributed by atoms with van der Waals surface area (Å²) in [5.74, 6) is 0.641. The van der Waals surface area contributed by atoms with Gasteiger partial charge in [0.05, 0.1) is 5.52 Å². The summed E-state index contributed by atoms with van der Waals surface area (Å²) < 4.78 is 15.2. The molecule has 3 heteroatoms. The van der Waals surface area contributed by atoms with Crippen molar-refractivity contribution in [2.75, 3.05) is 0 Å². The van der Waals surface area contributed by atoms with Gasteiger partial charge in [0, 0.05) is 17.3 Å². The van der Waals surface area contributed by atoms with E-state index >= 15 is 0 Å². The Morgan fingerprint density at radius 2 is 2.00 bits per heavy atom. The van der Waals surface area contributed by atoms with E-state index in [9.17, 15) is 4.39 Å². The Bertz CT molecular complexity index is 671. The highest BCUT2D eigenvalue weighted by atomic mass is 19.1. The molecular formula is C14H11FN2. The monoisotopic (exact) mass is 226 g/mol. The van der Waals surface area contributed by atoms with Gasteiger partial charge in [-0.1, -0.05) is 6.07 Å². The van der Waals surface area contributed by atoms with Crippen LogP contribution in [0.15, 0.2) is 48.7 Å². The van der Waals surface area contributed by atoms with Gasteiger partial charge in [-0.25, -0.2) is 9.37 Å². The van der Waals surface area contributed by atoms with Gasteiger partial charge in [-0.2, -0.15) is 0 Å². The van der Waals surface area contributed by atoms with E-state index < -0.39 is 0 Å². The number of aryl methyl sites for hydroxylation is 1. The minimum atomic E-state index is -0.212. The van der Waals surface area contributed by atoms with Gasteiger partial charge < -0.3 is 0 Å². The molecule has 2 nitrogen and oxygen atoms in total. The van der Waals surface area contributed by atoms with Crippen molar-refractivity contribution in [2.24, 2.45) is 0 Å². The SMILES string of the molecule is Cc1cc2cc(F)ccc2n1-c1ccccn1. The van der Waals surface area contributed by atoms with Crippen LogP contribution in [0.25, 0.3) is 16.7 Å².